The predicted molar refractivity (Wildman–Crippen MR) is 98.1 cm³/mol. The van der Waals surface area contributed by atoms with E-state index in [1.54, 1.807) is 0 Å². The molecule has 0 radical (unpaired) electrons. The molecule has 1 aromatic heterocycles. The molecule has 1 N–H and O–H groups in total. The maximum Gasteiger partial charge on any atom is 0.317 e. The molecule has 0 aliphatic carbocycles. The zero-order valence-corrected chi connectivity index (χ0v) is 16.1. The largest absolute Gasteiger partial charge is 0.480 e. The Morgan fingerprint density at radius 3 is 2.32 bits per heavy atom. The molecule has 0 bridgehead atoms. The second-order valence-corrected chi connectivity index (χ2v) is 7.23. The number of hydrogen-bond donors (Lipinski definition) is 1. The van der Waals surface area contributed by atoms with E-state index in [2.05, 4.69) is 18.4 Å². The molecule has 140 valence electrons. The molecule has 25 heavy (non-hydrogen) atoms. The van der Waals surface area contributed by atoms with Crippen molar-refractivity contribution in [1.82, 2.24) is 14.4 Å². The van der Waals surface area contributed by atoms with Crippen molar-refractivity contribution in [1.29, 1.82) is 0 Å². The van der Waals surface area contributed by atoms with E-state index in [1.165, 1.54) is 0 Å². The van der Waals surface area contributed by atoms with Crippen molar-refractivity contribution < 1.29 is 14.7 Å². The number of nitrogens with zero attached hydrogens (tertiary/aromatic N) is 3. The Kier molecular flexibility index (Phi) is 6.27. The first-order chi connectivity index (χ1) is 11.8. The molecule has 0 aromatic carbocycles. The van der Waals surface area contributed by atoms with Crippen molar-refractivity contribution in [3.8, 4) is 0 Å². The van der Waals surface area contributed by atoms with Crippen LogP contribution in [0.3, 0.4) is 0 Å². The summed E-state index contributed by atoms with van der Waals surface area (Å²) in [4.78, 5) is 27.8. The highest BCUT2D eigenvalue weighted by Crippen LogP contribution is 2.24. The van der Waals surface area contributed by atoms with Gasteiger partial charge in [0, 0.05) is 36.6 Å². The van der Waals surface area contributed by atoms with E-state index >= 15 is 0 Å². The molecule has 2 rings (SSSR count). The van der Waals surface area contributed by atoms with Crippen molar-refractivity contribution in [2.75, 3.05) is 26.2 Å². The number of rotatable bonds is 6. The van der Waals surface area contributed by atoms with Crippen LogP contribution in [0.1, 0.15) is 61.4 Å². The van der Waals surface area contributed by atoms with Crippen LogP contribution in [0.25, 0.3) is 0 Å². The first kappa shape index (κ1) is 19.5. The summed E-state index contributed by atoms with van der Waals surface area (Å²) in [7, 11) is 0. The second kappa shape index (κ2) is 8.04. The molecular formula is C19H31N3O3. The van der Waals surface area contributed by atoms with Crippen molar-refractivity contribution in [2.24, 2.45) is 0 Å². The smallest absolute Gasteiger partial charge is 0.317 e. The minimum Gasteiger partial charge on any atom is -0.480 e. The van der Waals surface area contributed by atoms with Crippen LogP contribution in [0.5, 0.6) is 0 Å². The molecule has 6 nitrogen and oxygen atoms in total. The number of hydrogen-bond acceptors (Lipinski definition) is 3. The molecule has 1 aliphatic heterocycles. The highest BCUT2D eigenvalue weighted by molar-refractivity contribution is 5.95. The van der Waals surface area contributed by atoms with Crippen LogP contribution in [-0.4, -0.2) is 63.6 Å². The second-order valence-electron chi connectivity index (χ2n) is 7.23. The summed E-state index contributed by atoms with van der Waals surface area (Å²) in [5.74, 6) is -0.693. The SMILES string of the molecule is CCN(CC(=O)O)C1CCN(C(=O)c2cc(C)n(C(C)C)c2C)CC1. The summed E-state index contributed by atoms with van der Waals surface area (Å²) >= 11 is 0. The van der Waals surface area contributed by atoms with Crippen LogP contribution in [0.2, 0.25) is 0 Å². The van der Waals surface area contributed by atoms with E-state index in [-0.39, 0.29) is 18.5 Å². The summed E-state index contributed by atoms with van der Waals surface area (Å²) in [6.45, 7) is 12.5. The van der Waals surface area contributed by atoms with E-state index in [0.717, 1.165) is 36.3 Å². The van der Waals surface area contributed by atoms with Crippen LogP contribution in [-0.2, 0) is 4.79 Å². The third-order valence-corrected chi connectivity index (χ3v) is 5.24. The zero-order valence-electron chi connectivity index (χ0n) is 16.1. The van der Waals surface area contributed by atoms with Gasteiger partial charge in [0.2, 0.25) is 0 Å². The van der Waals surface area contributed by atoms with E-state index in [0.29, 0.717) is 19.1 Å². The fraction of sp³-hybridized carbons (Fsp3) is 0.684. The van der Waals surface area contributed by atoms with E-state index in [9.17, 15) is 9.59 Å². The molecule has 1 aromatic rings. The van der Waals surface area contributed by atoms with E-state index in [4.69, 9.17) is 5.11 Å². The van der Waals surface area contributed by atoms with Crippen LogP contribution >= 0.6 is 0 Å². The summed E-state index contributed by atoms with van der Waals surface area (Å²) in [6.07, 6.45) is 1.66. The molecule has 0 spiro atoms. The van der Waals surface area contributed by atoms with Gasteiger partial charge >= 0.3 is 5.97 Å². The molecule has 1 amide bonds. The lowest BCUT2D eigenvalue weighted by molar-refractivity contribution is -0.139. The first-order valence-electron chi connectivity index (χ1n) is 9.19. The van der Waals surface area contributed by atoms with Gasteiger partial charge in [-0.2, -0.15) is 0 Å². The lowest BCUT2D eigenvalue weighted by Crippen LogP contribution is -2.48. The van der Waals surface area contributed by atoms with Gasteiger partial charge in [-0.1, -0.05) is 6.92 Å². The monoisotopic (exact) mass is 349 g/mol. The quantitative estimate of drug-likeness (QED) is 0.857. The third-order valence-electron chi connectivity index (χ3n) is 5.24. The van der Waals surface area contributed by atoms with Crippen molar-refractivity contribution in [3.63, 3.8) is 0 Å². The fourth-order valence-electron chi connectivity index (χ4n) is 4.07. The Labute approximate surface area is 150 Å². The van der Waals surface area contributed by atoms with Gasteiger partial charge < -0.3 is 14.6 Å². The molecule has 1 saturated heterocycles. The molecule has 2 heterocycles. The number of amides is 1. The predicted octanol–water partition coefficient (Wildman–Crippen LogP) is 2.70. The number of aliphatic carboxylic acids is 1. The minimum atomic E-state index is -0.790. The van der Waals surface area contributed by atoms with Crippen molar-refractivity contribution in [2.45, 2.75) is 59.5 Å². The van der Waals surface area contributed by atoms with Crippen molar-refractivity contribution in [3.05, 3.63) is 23.0 Å². The molecule has 0 atom stereocenters. The first-order valence-corrected chi connectivity index (χ1v) is 9.19. The average molecular weight is 349 g/mol. The minimum absolute atomic E-state index is 0.0741. The normalized spacial score (nSPS) is 16.0. The molecule has 6 heteroatoms. The Hall–Kier alpha value is -1.82. The maximum atomic E-state index is 12.9. The average Bonchev–Trinajstić information content (AvgIpc) is 2.86. The van der Waals surface area contributed by atoms with Gasteiger partial charge in [0.25, 0.3) is 5.91 Å². The van der Waals surface area contributed by atoms with Gasteiger partial charge in [0.15, 0.2) is 0 Å². The highest BCUT2D eigenvalue weighted by atomic mass is 16.4. The summed E-state index contributed by atoms with van der Waals surface area (Å²) in [5.41, 5.74) is 2.94. The number of carbonyl (C=O) groups is 2. The van der Waals surface area contributed by atoms with Crippen LogP contribution in [0, 0.1) is 13.8 Å². The standard InChI is InChI=1S/C19H31N3O3/c1-6-20(12-18(23)24)16-7-9-21(10-8-16)19(25)17-11-14(4)22(13(2)3)15(17)5/h11,13,16H,6-10,12H2,1-5H3,(H,23,24). The number of aryl methyl sites for hydroxylation is 1. The number of carboxylic acids is 1. The molecule has 1 fully saturated rings. The van der Waals surface area contributed by atoms with Gasteiger partial charge in [0.1, 0.15) is 0 Å². The van der Waals surface area contributed by atoms with Crippen LogP contribution in [0.4, 0.5) is 0 Å². The highest BCUT2D eigenvalue weighted by Gasteiger charge is 2.29. The lowest BCUT2D eigenvalue weighted by atomic mass is 10.0. The lowest BCUT2D eigenvalue weighted by Gasteiger charge is -2.37. The van der Waals surface area contributed by atoms with Gasteiger partial charge in [-0.15, -0.1) is 0 Å². The van der Waals surface area contributed by atoms with Gasteiger partial charge in [-0.05, 0) is 53.1 Å². The molecule has 0 unspecified atom stereocenters. The molecule has 1 aliphatic rings. The maximum absolute atomic E-state index is 12.9. The van der Waals surface area contributed by atoms with E-state index in [1.807, 2.05) is 36.6 Å². The van der Waals surface area contributed by atoms with Gasteiger partial charge in [-0.3, -0.25) is 14.5 Å². The van der Waals surface area contributed by atoms with Crippen LogP contribution in [0.15, 0.2) is 6.07 Å². The zero-order chi connectivity index (χ0) is 18.7. The summed E-state index contributed by atoms with van der Waals surface area (Å²) in [6, 6.07) is 2.57. The van der Waals surface area contributed by atoms with E-state index < -0.39 is 5.97 Å². The molecular weight excluding hydrogens is 318 g/mol. The Morgan fingerprint density at radius 1 is 1.28 bits per heavy atom. The third kappa shape index (κ3) is 4.24. The fourth-order valence-corrected chi connectivity index (χ4v) is 4.07. The van der Waals surface area contributed by atoms with Gasteiger partial charge in [-0.25, -0.2) is 0 Å². The number of carboxylic acid groups (broad SMARTS) is 1. The number of likely N-dealkylation sites (tertiary alicyclic amines) is 1. The number of carbonyl (C=O) groups excluding carboxylic acids is 1. The van der Waals surface area contributed by atoms with Crippen molar-refractivity contribution >= 4 is 11.9 Å². The number of piperidine rings is 1. The Balaban J connectivity index is 2.04. The summed E-state index contributed by atoms with van der Waals surface area (Å²) in [5, 5.41) is 9.03. The number of likely N-dealkylation sites (N-methyl/N-ethyl adjacent to an activating group) is 1. The van der Waals surface area contributed by atoms with Gasteiger partial charge in [0.05, 0.1) is 12.1 Å². The summed E-state index contributed by atoms with van der Waals surface area (Å²) < 4.78 is 2.20. The van der Waals surface area contributed by atoms with Crippen LogP contribution < -0.4 is 0 Å². The Morgan fingerprint density at radius 2 is 1.88 bits per heavy atom. The topological polar surface area (TPSA) is 65.8 Å². The number of aromatic nitrogens is 1. The Bertz CT molecular complexity index is 628. The molecule has 0 saturated carbocycles.